The summed E-state index contributed by atoms with van der Waals surface area (Å²) in [6.07, 6.45) is 1.56. The van der Waals surface area contributed by atoms with Crippen LogP contribution in [-0.4, -0.2) is 31.6 Å². The molecule has 0 aliphatic carbocycles. The summed E-state index contributed by atoms with van der Waals surface area (Å²) < 4.78 is 9.75. The van der Waals surface area contributed by atoms with Gasteiger partial charge in [0, 0.05) is 5.02 Å². The zero-order chi connectivity index (χ0) is 19.4. The van der Waals surface area contributed by atoms with Crippen molar-refractivity contribution in [1.82, 2.24) is 5.32 Å². The van der Waals surface area contributed by atoms with Crippen molar-refractivity contribution in [3.8, 4) is 5.75 Å². The second kappa shape index (κ2) is 7.92. The number of ether oxygens (including phenoxy) is 2. The third-order valence-electron chi connectivity index (χ3n) is 3.74. The van der Waals surface area contributed by atoms with Crippen LogP contribution in [0.15, 0.2) is 54.2 Å². The minimum atomic E-state index is -0.536. The molecule has 7 nitrogen and oxygen atoms in total. The largest absolute Gasteiger partial charge is 0.482 e. The Morgan fingerprint density at radius 1 is 1.11 bits per heavy atom. The van der Waals surface area contributed by atoms with Crippen molar-refractivity contribution in [2.75, 3.05) is 18.6 Å². The van der Waals surface area contributed by atoms with E-state index in [1.165, 1.54) is 7.11 Å². The minimum absolute atomic E-state index is 0.151. The zero-order valence-electron chi connectivity index (χ0n) is 14.3. The van der Waals surface area contributed by atoms with E-state index in [1.54, 1.807) is 54.6 Å². The highest BCUT2D eigenvalue weighted by molar-refractivity contribution is 6.31. The highest BCUT2D eigenvalue weighted by Crippen LogP contribution is 2.24. The number of nitrogens with one attached hydrogen (secondary N) is 1. The molecule has 0 bridgehead atoms. The summed E-state index contributed by atoms with van der Waals surface area (Å²) in [4.78, 5) is 36.8. The topological polar surface area (TPSA) is 84.9 Å². The van der Waals surface area contributed by atoms with Crippen LogP contribution >= 0.6 is 11.6 Å². The van der Waals surface area contributed by atoms with Gasteiger partial charge < -0.3 is 14.8 Å². The molecule has 2 aromatic carbocycles. The number of anilines is 1. The van der Waals surface area contributed by atoms with Gasteiger partial charge in [0.1, 0.15) is 11.4 Å². The molecule has 0 unspecified atom stereocenters. The highest BCUT2D eigenvalue weighted by atomic mass is 35.5. The molecular weight excluding hydrogens is 372 g/mol. The van der Waals surface area contributed by atoms with Crippen molar-refractivity contribution in [3.63, 3.8) is 0 Å². The molecule has 3 rings (SSSR count). The number of nitrogens with zero attached hydrogens (tertiary/aromatic N) is 1. The van der Waals surface area contributed by atoms with Crippen LogP contribution in [0.5, 0.6) is 5.75 Å². The van der Waals surface area contributed by atoms with Crippen molar-refractivity contribution in [1.29, 1.82) is 0 Å². The Kier molecular flexibility index (Phi) is 5.42. The number of imide groups is 1. The number of amides is 3. The number of hydrogen-bond acceptors (Lipinski definition) is 5. The Labute approximate surface area is 160 Å². The van der Waals surface area contributed by atoms with E-state index in [4.69, 9.17) is 16.3 Å². The van der Waals surface area contributed by atoms with Crippen LogP contribution in [0.2, 0.25) is 5.02 Å². The Morgan fingerprint density at radius 2 is 1.78 bits per heavy atom. The predicted octanol–water partition coefficient (Wildman–Crippen LogP) is 2.99. The van der Waals surface area contributed by atoms with Crippen molar-refractivity contribution in [2.45, 2.75) is 0 Å². The van der Waals surface area contributed by atoms with Gasteiger partial charge in [0.15, 0.2) is 6.61 Å². The average molecular weight is 387 g/mol. The number of carbonyl (C=O) groups is 3. The number of carbonyl (C=O) groups excluding carboxylic acids is 3. The van der Waals surface area contributed by atoms with Crippen LogP contribution < -0.4 is 15.0 Å². The number of hydrogen-bond donors (Lipinski definition) is 1. The summed E-state index contributed by atoms with van der Waals surface area (Å²) in [5.41, 5.74) is 1.26. The third-order valence-corrected chi connectivity index (χ3v) is 3.99. The van der Waals surface area contributed by atoms with Gasteiger partial charge in [0.25, 0.3) is 5.91 Å². The molecule has 27 heavy (non-hydrogen) atoms. The molecule has 1 aliphatic rings. The van der Waals surface area contributed by atoms with Gasteiger partial charge in [-0.25, -0.2) is 14.5 Å². The van der Waals surface area contributed by atoms with Crippen molar-refractivity contribution >= 4 is 41.3 Å². The highest BCUT2D eigenvalue weighted by Gasteiger charge is 2.34. The molecule has 1 heterocycles. The first-order valence-electron chi connectivity index (χ1n) is 7.90. The summed E-state index contributed by atoms with van der Waals surface area (Å²) in [5, 5.41) is 3.06. The monoisotopic (exact) mass is 386 g/mol. The molecule has 1 N–H and O–H groups in total. The minimum Gasteiger partial charge on any atom is -0.482 e. The molecule has 0 spiro atoms. The van der Waals surface area contributed by atoms with E-state index in [0.29, 0.717) is 22.0 Å². The SMILES string of the molecule is COC(=O)COc1ccc(/C=C2/NC(=O)N(c3ccc(Cl)cc3)C2=O)cc1. The van der Waals surface area contributed by atoms with Gasteiger partial charge in [-0.3, -0.25) is 4.79 Å². The van der Waals surface area contributed by atoms with E-state index in [1.807, 2.05) is 0 Å². The Balaban J connectivity index is 1.73. The lowest BCUT2D eigenvalue weighted by atomic mass is 10.2. The second-order valence-corrected chi connectivity index (χ2v) is 5.98. The van der Waals surface area contributed by atoms with Gasteiger partial charge in [0.05, 0.1) is 12.8 Å². The first kappa shape index (κ1) is 18.5. The van der Waals surface area contributed by atoms with Gasteiger partial charge >= 0.3 is 12.0 Å². The van der Waals surface area contributed by atoms with Gasteiger partial charge in [0.2, 0.25) is 0 Å². The predicted molar refractivity (Wildman–Crippen MR) is 99.4 cm³/mol. The van der Waals surface area contributed by atoms with Gasteiger partial charge in [-0.15, -0.1) is 0 Å². The molecule has 1 fully saturated rings. The number of benzene rings is 2. The number of rotatable bonds is 5. The maximum absolute atomic E-state index is 12.5. The fourth-order valence-electron chi connectivity index (χ4n) is 2.39. The molecule has 138 valence electrons. The lowest BCUT2D eigenvalue weighted by Crippen LogP contribution is -2.30. The fraction of sp³-hybridized carbons (Fsp3) is 0.105. The standard InChI is InChI=1S/C19H15ClN2O5/c1-26-17(23)11-27-15-8-2-12(3-9-15)10-16-18(24)22(19(25)21-16)14-6-4-13(20)5-7-14/h2-10H,11H2,1H3,(H,21,25)/b16-10+. The van der Waals surface area contributed by atoms with E-state index in [0.717, 1.165) is 4.90 Å². The fourth-order valence-corrected chi connectivity index (χ4v) is 2.51. The maximum atomic E-state index is 12.5. The van der Waals surface area contributed by atoms with Crippen LogP contribution in [0.3, 0.4) is 0 Å². The third kappa shape index (κ3) is 4.27. The van der Waals surface area contributed by atoms with E-state index in [2.05, 4.69) is 10.1 Å². The molecule has 2 aromatic rings. The van der Waals surface area contributed by atoms with Crippen molar-refractivity contribution in [3.05, 3.63) is 64.8 Å². The Hall–Kier alpha value is -3.32. The van der Waals surface area contributed by atoms with Crippen LogP contribution in [0.1, 0.15) is 5.56 Å². The van der Waals surface area contributed by atoms with Crippen molar-refractivity contribution < 1.29 is 23.9 Å². The first-order valence-corrected chi connectivity index (χ1v) is 8.28. The zero-order valence-corrected chi connectivity index (χ0v) is 15.0. The van der Waals surface area contributed by atoms with Gasteiger partial charge in [-0.1, -0.05) is 23.7 Å². The molecule has 0 aromatic heterocycles. The van der Waals surface area contributed by atoms with Crippen LogP contribution in [0, 0.1) is 0 Å². The van der Waals surface area contributed by atoms with E-state index in [9.17, 15) is 14.4 Å². The average Bonchev–Trinajstić information content (AvgIpc) is 2.95. The second-order valence-electron chi connectivity index (χ2n) is 5.54. The number of methoxy groups -OCH3 is 1. The van der Waals surface area contributed by atoms with Crippen molar-refractivity contribution in [2.24, 2.45) is 0 Å². The first-order chi connectivity index (χ1) is 13.0. The lowest BCUT2D eigenvalue weighted by Gasteiger charge is -2.11. The summed E-state index contributed by atoms with van der Waals surface area (Å²) >= 11 is 5.84. The maximum Gasteiger partial charge on any atom is 0.343 e. The van der Waals surface area contributed by atoms with Crippen LogP contribution in [0.4, 0.5) is 10.5 Å². The lowest BCUT2D eigenvalue weighted by molar-refractivity contribution is -0.142. The van der Waals surface area contributed by atoms with Crippen LogP contribution in [0.25, 0.3) is 6.08 Å². The smallest absolute Gasteiger partial charge is 0.343 e. The molecule has 1 aliphatic heterocycles. The van der Waals surface area contributed by atoms with E-state index in [-0.39, 0.29) is 12.3 Å². The summed E-state index contributed by atoms with van der Waals surface area (Å²) in [6, 6.07) is 12.5. The summed E-state index contributed by atoms with van der Waals surface area (Å²) in [6.45, 7) is -0.193. The Bertz CT molecular complexity index is 907. The van der Waals surface area contributed by atoms with Crippen LogP contribution in [-0.2, 0) is 14.3 Å². The van der Waals surface area contributed by atoms with E-state index >= 15 is 0 Å². The molecule has 0 radical (unpaired) electrons. The summed E-state index contributed by atoms with van der Waals surface area (Å²) in [5.74, 6) is -0.469. The normalized spacial score (nSPS) is 15.0. The molecular formula is C19H15ClN2O5. The number of urea groups is 1. The quantitative estimate of drug-likeness (QED) is 0.485. The van der Waals surface area contributed by atoms with Gasteiger partial charge in [-0.05, 0) is 48.0 Å². The molecule has 8 heteroatoms. The Morgan fingerprint density at radius 3 is 2.41 bits per heavy atom. The molecule has 3 amide bonds. The number of esters is 1. The van der Waals surface area contributed by atoms with Gasteiger partial charge in [-0.2, -0.15) is 0 Å². The molecule has 1 saturated heterocycles. The number of halogens is 1. The van der Waals surface area contributed by atoms with E-state index < -0.39 is 17.9 Å². The molecule has 0 atom stereocenters. The molecule has 0 saturated carbocycles. The summed E-state index contributed by atoms with van der Waals surface area (Å²) in [7, 11) is 1.28.